The van der Waals surface area contributed by atoms with E-state index < -0.39 is 16.0 Å². The molecule has 126 valence electrons. The molecule has 0 heterocycles. The standard InChI is InChI=1S/C15H20N2O5S/c1-2-17(9-8-14(18)19)15(20)11-4-3-5-13(10-11)23(21,22)16-12-6-7-12/h3-5,10,12,16H,2,6-9H2,1H3,(H,18,19). The Labute approximate surface area is 135 Å². The molecule has 0 unspecified atom stereocenters. The van der Waals surface area contributed by atoms with Crippen LogP contribution < -0.4 is 4.72 Å². The van der Waals surface area contributed by atoms with Crippen LogP contribution in [-0.4, -0.2) is 49.4 Å². The Hall–Kier alpha value is -1.93. The van der Waals surface area contributed by atoms with Gasteiger partial charge in [-0.3, -0.25) is 9.59 Å². The molecule has 1 aliphatic rings. The molecule has 1 aromatic carbocycles. The van der Waals surface area contributed by atoms with Crippen LogP contribution in [0.15, 0.2) is 29.2 Å². The Kier molecular flexibility index (Phi) is 5.38. The van der Waals surface area contributed by atoms with Crippen molar-refractivity contribution < 1.29 is 23.1 Å². The second-order valence-corrected chi connectivity index (χ2v) is 7.17. The molecule has 0 bridgehead atoms. The SMILES string of the molecule is CCN(CCC(=O)O)C(=O)c1cccc(S(=O)(=O)NC2CC2)c1. The normalized spacial score (nSPS) is 14.5. The van der Waals surface area contributed by atoms with Crippen molar-refractivity contribution in [2.45, 2.75) is 37.1 Å². The number of nitrogens with zero attached hydrogens (tertiary/aromatic N) is 1. The number of nitrogens with one attached hydrogen (secondary N) is 1. The maximum absolute atomic E-state index is 12.4. The highest BCUT2D eigenvalue weighted by Gasteiger charge is 2.28. The molecule has 8 heteroatoms. The second-order valence-electron chi connectivity index (χ2n) is 5.45. The largest absolute Gasteiger partial charge is 0.481 e. The number of rotatable bonds is 8. The Morgan fingerprint density at radius 2 is 2.04 bits per heavy atom. The molecule has 0 saturated heterocycles. The minimum atomic E-state index is -3.63. The molecule has 0 aromatic heterocycles. The smallest absolute Gasteiger partial charge is 0.305 e. The van der Waals surface area contributed by atoms with Crippen LogP contribution in [0.25, 0.3) is 0 Å². The second kappa shape index (κ2) is 7.10. The zero-order valence-electron chi connectivity index (χ0n) is 12.9. The van der Waals surface area contributed by atoms with E-state index in [1.165, 1.54) is 29.2 Å². The van der Waals surface area contributed by atoms with Gasteiger partial charge in [-0.25, -0.2) is 13.1 Å². The summed E-state index contributed by atoms with van der Waals surface area (Å²) in [6.45, 7) is 2.18. The van der Waals surface area contributed by atoms with Gasteiger partial charge in [0.2, 0.25) is 10.0 Å². The van der Waals surface area contributed by atoms with Gasteiger partial charge in [-0.05, 0) is 38.0 Å². The number of carboxylic acids is 1. The first kappa shape index (κ1) is 17.4. The van der Waals surface area contributed by atoms with Crippen LogP contribution in [-0.2, 0) is 14.8 Å². The van der Waals surface area contributed by atoms with Gasteiger partial charge in [0.1, 0.15) is 0 Å². The summed E-state index contributed by atoms with van der Waals surface area (Å²) in [5.41, 5.74) is 0.232. The maximum atomic E-state index is 12.4. The quantitative estimate of drug-likeness (QED) is 0.736. The Morgan fingerprint density at radius 1 is 1.35 bits per heavy atom. The van der Waals surface area contributed by atoms with Crippen LogP contribution in [0.4, 0.5) is 0 Å². The van der Waals surface area contributed by atoms with Crippen LogP contribution in [0.1, 0.15) is 36.5 Å². The fraction of sp³-hybridized carbons (Fsp3) is 0.467. The first-order valence-corrected chi connectivity index (χ1v) is 8.95. The number of aliphatic carboxylic acids is 1. The summed E-state index contributed by atoms with van der Waals surface area (Å²) in [5, 5.41) is 8.73. The first-order valence-electron chi connectivity index (χ1n) is 7.47. The summed E-state index contributed by atoms with van der Waals surface area (Å²) in [5.74, 6) is -1.36. The molecule has 0 radical (unpaired) electrons. The summed E-state index contributed by atoms with van der Waals surface area (Å²) in [4.78, 5) is 24.5. The number of carbonyl (C=O) groups is 2. The van der Waals surface area contributed by atoms with Crippen molar-refractivity contribution in [2.75, 3.05) is 13.1 Å². The molecule has 0 aliphatic heterocycles. The third-order valence-electron chi connectivity index (χ3n) is 3.55. The lowest BCUT2D eigenvalue weighted by Gasteiger charge is -2.20. The Morgan fingerprint density at radius 3 is 2.61 bits per heavy atom. The lowest BCUT2D eigenvalue weighted by atomic mass is 10.2. The van der Waals surface area contributed by atoms with Gasteiger partial charge >= 0.3 is 5.97 Å². The molecule has 2 N–H and O–H groups in total. The highest BCUT2D eigenvalue weighted by molar-refractivity contribution is 7.89. The van der Waals surface area contributed by atoms with E-state index in [0.717, 1.165) is 12.8 Å². The van der Waals surface area contributed by atoms with Crippen LogP contribution in [0.2, 0.25) is 0 Å². The van der Waals surface area contributed by atoms with E-state index in [1.54, 1.807) is 6.92 Å². The number of amides is 1. The summed E-state index contributed by atoms with van der Waals surface area (Å²) >= 11 is 0. The van der Waals surface area contributed by atoms with Crippen molar-refractivity contribution in [1.29, 1.82) is 0 Å². The first-order chi connectivity index (χ1) is 10.8. The molecule has 1 aromatic rings. The van der Waals surface area contributed by atoms with Gasteiger partial charge in [0, 0.05) is 24.7 Å². The summed E-state index contributed by atoms with van der Waals surface area (Å²) in [6, 6.07) is 5.80. The molecule has 2 rings (SSSR count). The zero-order valence-corrected chi connectivity index (χ0v) is 13.7. The molecular formula is C15H20N2O5S. The number of carboxylic acid groups (broad SMARTS) is 1. The van der Waals surface area contributed by atoms with Crippen molar-refractivity contribution in [3.05, 3.63) is 29.8 Å². The third-order valence-corrected chi connectivity index (χ3v) is 5.07. The van der Waals surface area contributed by atoms with E-state index in [0.29, 0.717) is 6.54 Å². The molecule has 1 amide bonds. The molecule has 0 spiro atoms. The average Bonchev–Trinajstić information content (AvgIpc) is 3.30. The topological polar surface area (TPSA) is 104 Å². The number of sulfonamides is 1. The van der Waals surface area contributed by atoms with Gasteiger partial charge < -0.3 is 10.0 Å². The fourth-order valence-electron chi connectivity index (χ4n) is 2.10. The Bertz CT molecular complexity index is 698. The predicted octanol–water partition coefficient (Wildman–Crippen LogP) is 1.06. The third kappa shape index (κ3) is 4.77. The zero-order chi connectivity index (χ0) is 17.0. The molecule has 1 fully saturated rings. The van der Waals surface area contributed by atoms with Gasteiger partial charge in [-0.1, -0.05) is 6.07 Å². The van der Waals surface area contributed by atoms with Gasteiger partial charge in [-0.2, -0.15) is 0 Å². The van der Waals surface area contributed by atoms with Crippen LogP contribution >= 0.6 is 0 Å². The predicted molar refractivity (Wildman–Crippen MR) is 83.6 cm³/mol. The van der Waals surface area contributed by atoms with E-state index in [-0.39, 0.29) is 35.4 Å². The minimum absolute atomic E-state index is 0.0120. The van der Waals surface area contributed by atoms with Crippen molar-refractivity contribution in [3.63, 3.8) is 0 Å². The number of hydrogen-bond donors (Lipinski definition) is 2. The van der Waals surface area contributed by atoms with E-state index in [2.05, 4.69) is 4.72 Å². The fourth-order valence-corrected chi connectivity index (χ4v) is 3.45. The van der Waals surface area contributed by atoms with E-state index in [1.807, 2.05) is 0 Å². The van der Waals surface area contributed by atoms with E-state index >= 15 is 0 Å². The maximum Gasteiger partial charge on any atom is 0.305 e. The van der Waals surface area contributed by atoms with Crippen molar-refractivity contribution in [2.24, 2.45) is 0 Å². The Balaban J connectivity index is 2.17. The molecule has 1 saturated carbocycles. The van der Waals surface area contributed by atoms with Crippen molar-refractivity contribution in [3.8, 4) is 0 Å². The van der Waals surface area contributed by atoms with Crippen LogP contribution in [0.3, 0.4) is 0 Å². The average molecular weight is 340 g/mol. The van der Waals surface area contributed by atoms with Gasteiger partial charge in [0.15, 0.2) is 0 Å². The van der Waals surface area contributed by atoms with Crippen LogP contribution in [0, 0.1) is 0 Å². The molecule has 1 aliphatic carbocycles. The van der Waals surface area contributed by atoms with Crippen molar-refractivity contribution >= 4 is 21.9 Å². The summed E-state index contributed by atoms with van der Waals surface area (Å²) in [7, 11) is -3.63. The van der Waals surface area contributed by atoms with Crippen molar-refractivity contribution in [1.82, 2.24) is 9.62 Å². The number of benzene rings is 1. The highest BCUT2D eigenvalue weighted by atomic mass is 32.2. The lowest BCUT2D eigenvalue weighted by Crippen LogP contribution is -2.33. The van der Waals surface area contributed by atoms with Gasteiger partial charge in [-0.15, -0.1) is 0 Å². The van der Waals surface area contributed by atoms with Crippen LogP contribution in [0.5, 0.6) is 0 Å². The minimum Gasteiger partial charge on any atom is -0.481 e. The summed E-state index contributed by atoms with van der Waals surface area (Å²) in [6.07, 6.45) is 1.51. The van der Waals surface area contributed by atoms with E-state index in [9.17, 15) is 18.0 Å². The highest BCUT2D eigenvalue weighted by Crippen LogP contribution is 2.22. The molecule has 0 atom stereocenters. The molecule has 23 heavy (non-hydrogen) atoms. The monoisotopic (exact) mass is 340 g/mol. The van der Waals surface area contributed by atoms with E-state index in [4.69, 9.17) is 5.11 Å². The number of carbonyl (C=O) groups excluding carboxylic acids is 1. The summed E-state index contributed by atoms with van der Waals surface area (Å²) < 4.78 is 27.0. The molecule has 7 nitrogen and oxygen atoms in total. The number of hydrogen-bond acceptors (Lipinski definition) is 4. The molecular weight excluding hydrogens is 320 g/mol. The lowest BCUT2D eigenvalue weighted by molar-refractivity contribution is -0.137. The van der Waals surface area contributed by atoms with Gasteiger partial charge in [0.05, 0.1) is 11.3 Å². The van der Waals surface area contributed by atoms with Gasteiger partial charge in [0.25, 0.3) is 5.91 Å².